The second-order valence-electron chi connectivity index (χ2n) is 7.88. The molecule has 7 heteroatoms. The van der Waals surface area contributed by atoms with Crippen LogP contribution in [0.15, 0.2) is 18.3 Å². The van der Waals surface area contributed by atoms with Crippen LogP contribution in [-0.4, -0.2) is 33.1 Å². The molecular weight excluding hydrogens is 371 g/mol. The van der Waals surface area contributed by atoms with Crippen LogP contribution in [0.3, 0.4) is 0 Å². The van der Waals surface area contributed by atoms with Crippen molar-refractivity contribution in [2.24, 2.45) is 5.92 Å². The molecule has 1 unspecified atom stereocenters. The molecule has 2 aliphatic carbocycles. The highest BCUT2D eigenvalue weighted by Gasteiger charge is 2.21. The predicted octanol–water partition coefficient (Wildman–Crippen LogP) is 2.84. The van der Waals surface area contributed by atoms with Crippen molar-refractivity contribution in [3.63, 3.8) is 0 Å². The number of hydrogen-bond acceptors (Lipinski definition) is 5. The normalized spacial score (nSPS) is 19.3. The highest BCUT2D eigenvalue weighted by molar-refractivity contribution is 5.80. The van der Waals surface area contributed by atoms with Crippen LogP contribution in [0, 0.1) is 11.7 Å². The Labute approximate surface area is 167 Å². The van der Waals surface area contributed by atoms with Crippen molar-refractivity contribution >= 4 is 22.7 Å². The molecule has 0 amide bonds. The van der Waals surface area contributed by atoms with E-state index in [0.717, 1.165) is 48.4 Å². The Morgan fingerprint density at radius 3 is 2.79 bits per heavy atom. The maximum Gasteiger partial charge on any atom is 0.232 e. The van der Waals surface area contributed by atoms with Crippen LogP contribution in [0.4, 0.5) is 4.39 Å². The number of aromatic amines is 1. The Balaban J connectivity index is 1.60. The van der Waals surface area contributed by atoms with Crippen LogP contribution in [0.1, 0.15) is 44.9 Å². The summed E-state index contributed by atoms with van der Waals surface area (Å²) in [6, 6.07) is 3.16. The van der Waals surface area contributed by atoms with Crippen molar-refractivity contribution in [2.45, 2.75) is 45.1 Å². The molecule has 2 heterocycles. The minimum Gasteiger partial charge on any atom is -0.487 e. The summed E-state index contributed by atoms with van der Waals surface area (Å²) in [7, 11) is 1.58. The molecule has 0 spiro atoms. The fraction of sp³-hybridized carbons (Fsp3) is 0.409. The molecule has 1 fully saturated rings. The quantitative estimate of drug-likeness (QED) is 0.737. The lowest BCUT2D eigenvalue weighted by molar-refractivity contribution is 0.201. The third-order valence-electron chi connectivity index (χ3n) is 5.66. The van der Waals surface area contributed by atoms with Crippen molar-refractivity contribution in [1.82, 2.24) is 19.9 Å². The first kappa shape index (κ1) is 18.1. The molecule has 0 radical (unpaired) electrons. The number of hydrogen-bond donors (Lipinski definition) is 1. The van der Waals surface area contributed by atoms with Crippen LogP contribution in [0.2, 0.25) is 0 Å². The molecule has 29 heavy (non-hydrogen) atoms. The number of benzene rings is 1. The van der Waals surface area contributed by atoms with Crippen molar-refractivity contribution in [3.05, 3.63) is 40.7 Å². The maximum absolute atomic E-state index is 14.6. The summed E-state index contributed by atoms with van der Waals surface area (Å²) in [6.07, 6.45) is 8.81. The Morgan fingerprint density at radius 2 is 2.00 bits per heavy atom. The number of fused-ring (bicyclic) bond motifs is 2. The molecule has 5 rings (SSSR count). The van der Waals surface area contributed by atoms with E-state index in [-0.39, 0.29) is 23.6 Å². The number of imidazole rings is 1. The highest BCUT2D eigenvalue weighted by Crippen LogP contribution is 2.30. The van der Waals surface area contributed by atoms with Crippen molar-refractivity contribution in [3.8, 4) is 11.6 Å². The van der Waals surface area contributed by atoms with Crippen LogP contribution >= 0.6 is 0 Å². The van der Waals surface area contributed by atoms with Gasteiger partial charge in [0.25, 0.3) is 0 Å². The first-order valence-corrected chi connectivity index (χ1v) is 10.1. The molecule has 2 aliphatic rings. The van der Waals surface area contributed by atoms with Crippen molar-refractivity contribution in [2.75, 3.05) is 7.11 Å². The Kier molecular flexibility index (Phi) is 4.45. The number of halogens is 1. The standard InChI is InChI=1S/C22H23FN4O2/c1-12-7-14(21-18(8-12)25-20(28-2)11-24-21)22-26-16-9-15(23)19(10-17(16)27-22)29-13-5-3-4-6-13/h8-13H,3-7H2,1-2H3,(H,26,27). The van der Waals surface area contributed by atoms with E-state index in [2.05, 4.69) is 28.0 Å². The minimum absolute atomic E-state index is 0.0987. The largest absolute Gasteiger partial charge is 0.487 e. The van der Waals surface area contributed by atoms with E-state index in [1.165, 1.54) is 6.07 Å². The molecule has 1 atom stereocenters. The van der Waals surface area contributed by atoms with E-state index in [4.69, 9.17) is 14.5 Å². The first-order chi connectivity index (χ1) is 14.1. The molecule has 6 nitrogen and oxygen atoms in total. The van der Waals surface area contributed by atoms with Gasteiger partial charge < -0.3 is 14.5 Å². The molecule has 150 valence electrons. The Bertz CT molecular complexity index is 1200. The van der Waals surface area contributed by atoms with Crippen molar-refractivity contribution in [1.29, 1.82) is 0 Å². The monoisotopic (exact) mass is 394 g/mol. The zero-order valence-corrected chi connectivity index (χ0v) is 16.5. The topological polar surface area (TPSA) is 72.9 Å². The lowest BCUT2D eigenvalue weighted by Crippen LogP contribution is -2.37. The van der Waals surface area contributed by atoms with Gasteiger partial charge in [0.05, 0.1) is 41.1 Å². The molecule has 0 aliphatic heterocycles. The average Bonchev–Trinajstić information content (AvgIpc) is 3.36. The zero-order chi connectivity index (χ0) is 20.0. The smallest absolute Gasteiger partial charge is 0.232 e. The van der Waals surface area contributed by atoms with Gasteiger partial charge in [-0.25, -0.2) is 19.3 Å². The summed E-state index contributed by atoms with van der Waals surface area (Å²) in [4.78, 5) is 17.1. The second-order valence-corrected chi connectivity index (χ2v) is 7.88. The number of nitrogens with one attached hydrogen (secondary N) is 1. The predicted molar refractivity (Wildman–Crippen MR) is 108 cm³/mol. The SMILES string of the molecule is COc1cnc2c(n1)=CC(C)CC=2c1nc2cc(OC3CCCC3)c(F)cc2[nH]1. The summed E-state index contributed by atoms with van der Waals surface area (Å²) < 4.78 is 25.7. The fourth-order valence-corrected chi connectivity index (χ4v) is 4.22. The third kappa shape index (κ3) is 3.34. The number of nitrogens with zero attached hydrogens (tertiary/aromatic N) is 3. The van der Waals surface area contributed by atoms with Crippen LogP contribution in [0.5, 0.6) is 11.6 Å². The Hall–Kier alpha value is -2.96. The number of H-pyrrole nitrogens is 1. The lowest BCUT2D eigenvalue weighted by atomic mass is 9.95. The summed E-state index contributed by atoms with van der Waals surface area (Å²) in [5.74, 6) is 1.37. The van der Waals surface area contributed by atoms with E-state index in [9.17, 15) is 4.39 Å². The molecule has 2 aromatic heterocycles. The van der Waals surface area contributed by atoms with E-state index >= 15 is 0 Å². The van der Waals surface area contributed by atoms with E-state index in [1.54, 1.807) is 19.4 Å². The van der Waals surface area contributed by atoms with Gasteiger partial charge >= 0.3 is 0 Å². The van der Waals surface area contributed by atoms with Gasteiger partial charge in [-0.15, -0.1) is 0 Å². The number of methoxy groups -OCH3 is 1. The van der Waals surface area contributed by atoms with Gasteiger partial charge in [0, 0.05) is 17.7 Å². The van der Waals surface area contributed by atoms with Gasteiger partial charge in [0.1, 0.15) is 5.82 Å². The van der Waals surface area contributed by atoms with Gasteiger partial charge in [-0.1, -0.05) is 13.0 Å². The minimum atomic E-state index is -0.361. The van der Waals surface area contributed by atoms with Gasteiger partial charge in [-0.05, 0) is 38.0 Å². The lowest BCUT2D eigenvalue weighted by Gasteiger charge is -2.13. The average molecular weight is 394 g/mol. The highest BCUT2D eigenvalue weighted by atomic mass is 19.1. The summed E-state index contributed by atoms with van der Waals surface area (Å²) in [6.45, 7) is 2.12. The molecule has 1 aromatic carbocycles. The number of rotatable bonds is 4. The first-order valence-electron chi connectivity index (χ1n) is 10.1. The second kappa shape index (κ2) is 7.13. The zero-order valence-electron chi connectivity index (χ0n) is 16.5. The molecule has 0 saturated heterocycles. The number of ether oxygens (including phenoxy) is 2. The van der Waals surface area contributed by atoms with Gasteiger partial charge in [-0.2, -0.15) is 0 Å². The van der Waals surface area contributed by atoms with Crippen LogP contribution in [0.25, 0.3) is 22.7 Å². The Morgan fingerprint density at radius 1 is 1.17 bits per heavy atom. The van der Waals surface area contributed by atoms with Gasteiger partial charge in [-0.3, -0.25) is 0 Å². The van der Waals surface area contributed by atoms with Crippen LogP contribution in [-0.2, 0) is 0 Å². The van der Waals surface area contributed by atoms with Crippen molar-refractivity contribution < 1.29 is 13.9 Å². The van der Waals surface area contributed by atoms with E-state index in [0.29, 0.717) is 22.7 Å². The summed E-state index contributed by atoms with van der Waals surface area (Å²) >= 11 is 0. The van der Waals surface area contributed by atoms with Gasteiger partial charge in [0.2, 0.25) is 5.88 Å². The van der Waals surface area contributed by atoms with E-state index in [1.807, 2.05) is 0 Å². The van der Waals surface area contributed by atoms with Gasteiger partial charge in [0.15, 0.2) is 11.6 Å². The molecule has 1 saturated carbocycles. The number of aromatic nitrogens is 4. The third-order valence-corrected chi connectivity index (χ3v) is 5.66. The molecule has 3 aromatic rings. The van der Waals surface area contributed by atoms with Crippen LogP contribution < -0.4 is 20.2 Å². The molecular formula is C22H23FN4O2. The summed E-state index contributed by atoms with van der Waals surface area (Å²) in [5, 5.41) is 1.57. The van der Waals surface area contributed by atoms with E-state index < -0.39 is 0 Å². The maximum atomic E-state index is 14.6. The molecule has 1 N–H and O–H groups in total. The molecule has 0 bridgehead atoms. The fourth-order valence-electron chi connectivity index (χ4n) is 4.22. The summed E-state index contributed by atoms with van der Waals surface area (Å²) in [5.41, 5.74) is 2.31.